The zero-order valence-corrected chi connectivity index (χ0v) is 9.61. The molecule has 0 spiro atoms. The summed E-state index contributed by atoms with van der Waals surface area (Å²) in [7, 11) is 0. The molecule has 4 heteroatoms. The first-order chi connectivity index (χ1) is 8.38. The van der Waals surface area contributed by atoms with Crippen LogP contribution in [0.4, 0.5) is 0 Å². The van der Waals surface area contributed by atoms with Crippen molar-refractivity contribution in [1.82, 2.24) is 9.97 Å². The Bertz CT molecular complexity index is 725. The van der Waals surface area contributed by atoms with Gasteiger partial charge in [-0.3, -0.25) is 0 Å². The summed E-state index contributed by atoms with van der Waals surface area (Å²) in [6.45, 7) is 0. The standard InChI is InChI=1S/C13H7N3S/c14-7-9-5-6-15-13(16-9)11-8-17-12-4-2-1-3-10(11)12/h1-6,8H. The Kier molecular flexibility index (Phi) is 2.32. The van der Waals surface area contributed by atoms with Crippen LogP contribution in [0.25, 0.3) is 21.5 Å². The molecule has 0 fully saturated rings. The molecule has 3 aromatic rings. The molecule has 0 amide bonds. The lowest BCUT2D eigenvalue weighted by Gasteiger charge is -1.97. The van der Waals surface area contributed by atoms with Crippen LogP contribution in [0, 0.1) is 11.3 Å². The average molecular weight is 237 g/mol. The van der Waals surface area contributed by atoms with Crippen LogP contribution < -0.4 is 0 Å². The van der Waals surface area contributed by atoms with Gasteiger partial charge in [0.25, 0.3) is 0 Å². The third kappa shape index (κ3) is 1.67. The highest BCUT2D eigenvalue weighted by molar-refractivity contribution is 7.17. The number of benzene rings is 1. The van der Waals surface area contributed by atoms with Gasteiger partial charge in [0, 0.05) is 27.2 Å². The third-order valence-electron chi connectivity index (χ3n) is 2.49. The van der Waals surface area contributed by atoms with Gasteiger partial charge in [-0.25, -0.2) is 9.97 Å². The van der Waals surface area contributed by atoms with Gasteiger partial charge in [0.15, 0.2) is 5.82 Å². The number of nitriles is 1. The van der Waals surface area contributed by atoms with E-state index in [4.69, 9.17) is 5.26 Å². The molecule has 0 aliphatic carbocycles. The Balaban J connectivity index is 2.24. The Morgan fingerprint density at radius 2 is 2.06 bits per heavy atom. The van der Waals surface area contributed by atoms with E-state index in [-0.39, 0.29) is 0 Å². The predicted molar refractivity (Wildman–Crippen MR) is 67.6 cm³/mol. The van der Waals surface area contributed by atoms with E-state index in [9.17, 15) is 0 Å². The minimum absolute atomic E-state index is 0.394. The quantitative estimate of drug-likeness (QED) is 0.652. The van der Waals surface area contributed by atoms with E-state index in [1.54, 1.807) is 23.6 Å². The molecule has 3 nitrogen and oxygen atoms in total. The summed E-state index contributed by atoms with van der Waals surface area (Å²) in [6, 6.07) is 11.8. The molecule has 0 bridgehead atoms. The number of aromatic nitrogens is 2. The van der Waals surface area contributed by atoms with E-state index in [0.29, 0.717) is 11.5 Å². The largest absolute Gasteiger partial charge is 0.236 e. The van der Waals surface area contributed by atoms with Crippen LogP contribution in [-0.4, -0.2) is 9.97 Å². The normalized spacial score (nSPS) is 10.3. The van der Waals surface area contributed by atoms with Gasteiger partial charge >= 0.3 is 0 Å². The molecular weight excluding hydrogens is 230 g/mol. The van der Waals surface area contributed by atoms with Crippen molar-refractivity contribution >= 4 is 21.4 Å². The second-order valence-electron chi connectivity index (χ2n) is 3.52. The van der Waals surface area contributed by atoms with E-state index in [2.05, 4.69) is 16.0 Å². The van der Waals surface area contributed by atoms with Crippen LogP contribution in [0.15, 0.2) is 41.9 Å². The molecule has 80 valence electrons. The number of hydrogen-bond acceptors (Lipinski definition) is 4. The van der Waals surface area contributed by atoms with E-state index >= 15 is 0 Å². The van der Waals surface area contributed by atoms with Crippen LogP contribution in [0.2, 0.25) is 0 Å². The van der Waals surface area contributed by atoms with Crippen LogP contribution in [-0.2, 0) is 0 Å². The minimum Gasteiger partial charge on any atom is -0.236 e. The lowest BCUT2D eigenvalue weighted by atomic mass is 10.1. The van der Waals surface area contributed by atoms with Crippen molar-refractivity contribution < 1.29 is 0 Å². The number of hydrogen-bond donors (Lipinski definition) is 0. The summed E-state index contributed by atoms with van der Waals surface area (Å²) in [5, 5.41) is 12.0. The molecule has 2 heterocycles. The molecule has 0 N–H and O–H groups in total. The maximum atomic E-state index is 8.84. The molecule has 0 unspecified atom stereocenters. The molecule has 2 aromatic heterocycles. The molecule has 0 atom stereocenters. The van der Waals surface area contributed by atoms with Crippen LogP contribution in [0.5, 0.6) is 0 Å². The topological polar surface area (TPSA) is 49.6 Å². The predicted octanol–water partition coefficient (Wildman–Crippen LogP) is 3.23. The van der Waals surface area contributed by atoms with Crippen molar-refractivity contribution in [2.75, 3.05) is 0 Å². The molecule has 1 aromatic carbocycles. The molecule has 0 aliphatic rings. The maximum absolute atomic E-state index is 8.84. The molecule has 0 saturated heterocycles. The summed E-state index contributed by atoms with van der Waals surface area (Å²) >= 11 is 1.66. The molecule has 3 rings (SSSR count). The van der Waals surface area contributed by atoms with Gasteiger partial charge in [-0.05, 0) is 12.1 Å². The van der Waals surface area contributed by atoms with Crippen LogP contribution in [0.1, 0.15) is 5.69 Å². The maximum Gasteiger partial charge on any atom is 0.162 e. The fraction of sp³-hybridized carbons (Fsp3) is 0. The highest BCUT2D eigenvalue weighted by atomic mass is 32.1. The van der Waals surface area contributed by atoms with Crippen molar-refractivity contribution in [1.29, 1.82) is 5.26 Å². The van der Waals surface area contributed by atoms with Gasteiger partial charge in [-0.2, -0.15) is 5.26 Å². The van der Waals surface area contributed by atoms with Crippen molar-refractivity contribution in [2.24, 2.45) is 0 Å². The SMILES string of the molecule is N#Cc1ccnc(-c2csc3ccccc23)n1. The smallest absolute Gasteiger partial charge is 0.162 e. The molecule has 0 aliphatic heterocycles. The Labute approximate surface area is 102 Å². The molecular formula is C13H7N3S. The average Bonchev–Trinajstić information content (AvgIpc) is 2.82. The van der Waals surface area contributed by atoms with E-state index in [0.717, 1.165) is 10.9 Å². The fourth-order valence-electron chi connectivity index (χ4n) is 1.70. The van der Waals surface area contributed by atoms with E-state index in [1.807, 2.05) is 29.6 Å². The number of fused-ring (bicyclic) bond motifs is 1. The van der Waals surface area contributed by atoms with Gasteiger partial charge in [-0.15, -0.1) is 11.3 Å². The summed E-state index contributed by atoms with van der Waals surface area (Å²) in [4.78, 5) is 8.44. The Morgan fingerprint density at radius 3 is 2.94 bits per heavy atom. The van der Waals surface area contributed by atoms with Crippen molar-refractivity contribution in [3.8, 4) is 17.5 Å². The monoisotopic (exact) mass is 237 g/mol. The summed E-state index contributed by atoms with van der Waals surface area (Å²) < 4.78 is 1.20. The van der Waals surface area contributed by atoms with Gasteiger partial charge < -0.3 is 0 Å². The fourth-order valence-corrected chi connectivity index (χ4v) is 2.64. The first-order valence-electron chi connectivity index (χ1n) is 5.08. The first-order valence-corrected chi connectivity index (χ1v) is 5.96. The highest BCUT2D eigenvalue weighted by Gasteiger charge is 2.08. The van der Waals surface area contributed by atoms with E-state index < -0.39 is 0 Å². The highest BCUT2D eigenvalue weighted by Crippen LogP contribution is 2.31. The van der Waals surface area contributed by atoms with Gasteiger partial charge in [0.1, 0.15) is 11.8 Å². The van der Waals surface area contributed by atoms with Crippen molar-refractivity contribution in [2.45, 2.75) is 0 Å². The van der Waals surface area contributed by atoms with Crippen LogP contribution >= 0.6 is 11.3 Å². The first kappa shape index (κ1) is 9.94. The lowest BCUT2D eigenvalue weighted by molar-refractivity contribution is 1.15. The second-order valence-corrected chi connectivity index (χ2v) is 4.43. The Hall–Kier alpha value is -2.25. The summed E-state index contributed by atoms with van der Waals surface area (Å²) in [5.74, 6) is 0.613. The van der Waals surface area contributed by atoms with E-state index in [1.165, 1.54) is 4.70 Å². The Morgan fingerprint density at radius 1 is 1.18 bits per heavy atom. The molecule has 17 heavy (non-hydrogen) atoms. The number of thiophene rings is 1. The minimum atomic E-state index is 0.394. The van der Waals surface area contributed by atoms with Crippen molar-refractivity contribution in [3.63, 3.8) is 0 Å². The van der Waals surface area contributed by atoms with Crippen LogP contribution in [0.3, 0.4) is 0 Å². The lowest BCUT2D eigenvalue weighted by Crippen LogP contribution is -1.90. The molecule has 0 saturated carbocycles. The zero-order chi connectivity index (χ0) is 11.7. The third-order valence-corrected chi connectivity index (χ3v) is 3.46. The van der Waals surface area contributed by atoms with Crippen molar-refractivity contribution in [3.05, 3.63) is 47.6 Å². The second kappa shape index (κ2) is 3.96. The van der Waals surface area contributed by atoms with Gasteiger partial charge in [0.2, 0.25) is 0 Å². The summed E-state index contributed by atoms with van der Waals surface area (Å²) in [6.07, 6.45) is 1.62. The zero-order valence-electron chi connectivity index (χ0n) is 8.79. The summed E-state index contributed by atoms with van der Waals surface area (Å²) in [5.41, 5.74) is 1.38. The molecule has 0 radical (unpaired) electrons. The number of rotatable bonds is 1. The van der Waals surface area contributed by atoms with Gasteiger partial charge in [0.05, 0.1) is 0 Å². The number of nitrogens with zero attached hydrogens (tertiary/aromatic N) is 3. The van der Waals surface area contributed by atoms with Gasteiger partial charge in [-0.1, -0.05) is 18.2 Å².